The molecule has 0 fully saturated rings. The molecule has 0 saturated heterocycles. The lowest BCUT2D eigenvalue weighted by atomic mass is 10.0. The summed E-state index contributed by atoms with van der Waals surface area (Å²) in [5, 5.41) is 18.9. The molecule has 0 bridgehead atoms. The van der Waals surface area contributed by atoms with Gasteiger partial charge in [-0.25, -0.2) is 0 Å². The van der Waals surface area contributed by atoms with Gasteiger partial charge in [0, 0.05) is 0 Å². The molecule has 2 aliphatic heterocycles. The van der Waals surface area contributed by atoms with E-state index in [9.17, 15) is 5.11 Å². The van der Waals surface area contributed by atoms with E-state index in [1.807, 2.05) is 18.2 Å². The van der Waals surface area contributed by atoms with E-state index in [4.69, 9.17) is 28.8 Å². The molecule has 2 aromatic rings. The Balaban J connectivity index is 1.52. The van der Waals surface area contributed by atoms with Crippen LogP contribution in [-0.4, -0.2) is 37.0 Å². The van der Waals surface area contributed by atoms with Crippen molar-refractivity contribution in [2.75, 3.05) is 26.8 Å². The second kappa shape index (κ2) is 6.60. The molecule has 0 atom stereocenters. The van der Waals surface area contributed by atoms with Crippen LogP contribution in [0.25, 0.3) is 0 Å². The number of aliphatic hydroxyl groups is 1. The fourth-order valence-electron chi connectivity index (χ4n) is 2.92. The molecule has 7 heteroatoms. The molecule has 0 aromatic heterocycles. The molecule has 2 N–H and O–H groups in total. The average molecular weight is 346 g/mol. The van der Waals surface area contributed by atoms with Gasteiger partial charge >= 0.3 is 0 Å². The van der Waals surface area contributed by atoms with Crippen molar-refractivity contribution in [3.8, 4) is 34.5 Å². The predicted molar refractivity (Wildman–Crippen MR) is 86.8 cm³/mol. The number of hydrogen-bond donors (Lipinski definition) is 2. The third-order valence-electron chi connectivity index (χ3n) is 4.06. The lowest BCUT2D eigenvalue weighted by Crippen LogP contribution is -2.03. The fraction of sp³-hybridized carbons (Fsp3) is 0.333. The van der Waals surface area contributed by atoms with Crippen LogP contribution in [0.1, 0.15) is 11.1 Å². The molecule has 2 aliphatic rings. The molecular weight excluding hydrogens is 328 g/mol. The molecule has 7 nitrogen and oxygen atoms in total. The van der Waals surface area contributed by atoms with Crippen LogP contribution in [0.2, 0.25) is 0 Å². The Morgan fingerprint density at radius 2 is 1.48 bits per heavy atom. The van der Waals surface area contributed by atoms with Crippen LogP contribution in [0.15, 0.2) is 24.3 Å². The molecule has 0 radical (unpaired) electrons. The molecular formula is C18H18O7. The summed E-state index contributed by atoms with van der Waals surface area (Å²) >= 11 is 0. The van der Waals surface area contributed by atoms with Gasteiger partial charge in [0.05, 0.1) is 6.61 Å². The minimum Gasteiger partial charge on any atom is -0.504 e. The van der Waals surface area contributed by atoms with E-state index in [1.165, 1.54) is 0 Å². The first kappa shape index (κ1) is 15.7. The normalized spacial score (nSPS) is 14.0. The maximum absolute atomic E-state index is 9.99. The summed E-state index contributed by atoms with van der Waals surface area (Å²) in [5.41, 5.74) is 1.95. The molecule has 0 aliphatic carbocycles. The monoisotopic (exact) mass is 346 g/mol. The second-order valence-electron chi connectivity index (χ2n) is 5.75. The van der Waals surface area contributed by atoms with E-state index in [2.05, 4.69) is 0 Å². The van der Waals surface area contributed by atoms with Crippen LogP contribution in [0.4, 0.5) is 0 Å². The van der Waals surface area contributed by atoms with Crippen molar-refractivity contribution in [1.29, 1.82) is 0 Å². The van der Waals surface area contributed by atoms with Gasteiger partial charge in [0.1, 0.15) is 6.61 Å². The van der Waals surface area contributed by atoms with Gasteiger partial charge in [-0.05, 0) is 48.2 Å². The summed E-state index contributed by atoms with van der Waals surface area (Å²) in [5.74, 6) is 2.81. The zero-order valence-electron chi connectivity index (χ0n) is 13.5. The van der Waals surface area contributed by atoms with E-state index in [0.717, 1.165) is 11.1 Å². The molecule has 2 heterocycles. The number of rotatable bonds is 6. The van der Waals surface area contributed by atoms with Crippen molar-refractivity contribution < 1.29 is 33.9 Å². The molecule has 0 spiro atoms. The largest absolute Gasteiger partial charge is 0.504 e. The summed E-state index contributed by atoms with van der Waals surface area (Å²) in [6, 6.07) is 7.36. The van der Waals surface area contributed by atoms with Crippen LogP contribution < -0.4 is 23.7 Å². The zero-order valence-corrected chi connectivity index (χ0v) is 13.5. The van der Waals surface area contributed by atoms with Crippen LogP contribution in [-0.2, 0) is 12.8 Å². The first-order valence-electron chi connectivity index (χ1n) is 8.02. The summed E-state index contributed by atoms with van der Waals surface area (Å²) in [4.78, 5) is 0. The number of benzene rings is 2. The standard InChI is InChI=1S/C18H18O7/c19-3-4-21-15-7-12(8-16-18(15)25-10-23-16)2-1-11-5-13(20)17-14(6-11)22-9-24-17/h5-8,19-20H,1-4,9-10H2. The van der Waals surface area contributed by atoms with Gasteiger partial charge in [0.25, 0.3) is 0 Å². The van der Waals surface area contributed by atoms with Crippen LogP contribution in [0.3, 0.4) is 0 Å². The van der Waals surface area contributed by atoms with E-state index >= 15 is 0 Å². The minimum absolute atomic E-state index is 0.0731. The number of ether oxygens (including phenoxy) is 5. The van der Waals surface area contributed by atoms with E-state index in [1.54, 1.807) is 6.07 Å². The van der Waals surface area contributed by atoms with Gasteiger partial charge in [-0.3, -0.25) is 0 Å². The average Bonchev–Trinajstić information content (AvgIpc) is 3.26. The molecule has 0 amide bonds. The van der Waals surface area contributed by atoms with E-state index in [-0.39, 0.29) is 32.5 Å². The summed E-state index contributed by atoms with van der Waals surface area (Å²) in [7, 11) is 0. The van der Waals surface area contributed by atoms with Gasteiger partial charge < -0.3 is 33.9 Å². The van der Waals surface area contributed by atoms with Crippen LogP contribution >= 0.6 is 0 Å². The zero-order chi connectivity index (χ0) is 17.2. The number of aryl methyl sites for hydroxylation is 2. The second-order valence-corrected chi connectivity index (χ2v) is 5.75. The topological polar surface area (TPSA) is 86.6 Å². The predicted octanol–water partition coefficient (Wildman–Crippen LogP) is 2.01. The highest BCUT2D eigenvalue weighted by atomic mass is 16.7. The molecule has 132 valence electrons. The van der Waals surface area contributed by atoms with Crippen molar-refractivity contribution >= 4 is 0 Å². The molecule has 0 unspecified atom stereocenters. The van der Waals surface area contributed by atoms with Crippen molar-refractivity contribution in [2.45, 2.75) is 12.8 Å². The number of hydrogen-bond acceptors (Lipinski definition) is 7. The van der Waals surface area contributed by atoms with E-state index in [0.29, 0.717) is 41.6 Å². The lowest BCUT2D eigenvalue weighted by Gasteiger charge is -2.11. The quantitative estimate of drug-likeness (QED) is 0.827. The summed E-state index contributed by atoms with van der Waals surface area (Å²) < 4.78 is 27.0. The molecule has 4 rings (SSSR count). The third kappa shape index (κ3) is 3.10. The number of fused-ring (bicyclic) bond motifs is 2. The van der Waals surface area contributed by atoms with Crippen LogP contribution in [0.5, 0.6) is 34.5 Å². The Morgan fingerprint density at radius 3 is 2.20 bits per heavy atom. The van der Waals surface area contributed by atoms with Gasteiger partial charge in [-0.2, -0.15) is 0 Å². The number of phenols is 1. The maximum atomic E-state index is 9.99. The summed E-state index contributed by atoms with van der Waals surface area (Å²) in [6.07, 6.45) is 1.41. The van der Waals surface area contributed by atoms with Crippen molar-refractivity contribution in [1.82, 2.24) is 0 Å². The van der Waals surface area contributed by atoms with E-state index < -0.39 is 0 Å². The Bertz CT molecular complexity index is 787. The Kier molecular flexibility index (Phi) is 4.15. The highest BCUT2D eigenvalue weighted by Crippen LogP contribution is 2.43. The Hall–Kier alpha value is -2.80. The SMILES string of the molecule is OCCOc1cc(CCc2cc(O)c3c(c2)OCO3)cc2c1OCO2. The van der Waals surface area contributed by atoms with Crippen molar-refractivity contribution in [3.63, 3.8) is 0 Å². The Labute approximate surface area is 144 Å². The van der Waals surface area contributed by atoms with Gasteiger partial charge in [-0.15, -0.1) is 0 Å². The number of aliphatic hydroxyl groups excluding tert-OH is 1. The van der Waals surface area contributed by atoms with Crippen LogP contribution in [0, 0.1) is 0 Å². The van der Waals surface area contributed by atoms with Crippen molar-refractivity contribution in [3.05, 3.63) is 35.4 Å². The summed E-state index contributed by atoms with van der Waals surface area (Å²) in [6.45, 7) is 0.399. The molecule has 25 heavy (non-hydrogen) atoms. The maximum Gasteiger partial charge on any atom is 0.231 e. The highest BCUT2D eigenvalue weighted by molar-refractivity contribution is 5.56. The van der Waals surface area contributed by atoms with Gasteiger partial charge in [-0.1, -0.05) is 0 Å². The smallest absolute Gasteiger partial charge is 0.231 e. The molecule has 2 aromatic carbocycles. The van der Waals surface area contributed by atoms with Gasteiger partial charge in [0.15, 0.2) is 23.0 Å². The first-order chi connectivity index (χ1) is 12.2. The van der Waals surface area contributed by atoms with Crippen molar-refractivity contribution in [2.24, 2.45) is 0 Å². The first-order valence-corrected chi connectivity index (χ1v) is 8.02. The number of aromatic hydroxyl groups is 1. The third-order valence-corrected chi connectivity index (χ3v) is 4.06. The number of phenolic OH excluding ortho intramolecular Hbond substituents is 1. The molecule has 0 saturated carbocycles. The lowest BCUT2D eigenvalue weighted by molar-refractivity contribution is 0.164. The highest BCUT2D eigenvalue weighted by Gasteiger charge is 2.21. The van der Waals surface area contributed by atoms with Gasteiger partial charge in [0.2, 0.25) is 25.1 Å². The Morgan fingerprint density at radius 1 is 0.840 bits per heavy atom. The fourth-order valence-corrected chi connectivity index (χ4v) is 2.92. The minimum atomic E-state index is -0.0731.